The number of nitrogens with zero attached hydrogens (tertiary/aromatic N) is 1. The van der Waals surface area contributed by atoms with Crippen molar-refractivity contribution in [3.05, 3.63) is 35.4 Å². The fraction of sp³-hybridized carbons (Fsp3) is 0.529. The lowest BCUT2D eigenvalue weighted by atomic mass is 10.0. The van der Waals surface area contributed by atoms with Gasteiger partial charge in [0.2, 0.25) is 5.91 Å². The van der Waals surface area contributed by atoms with E-state index in [4.69, 9.17) is 0 Å². The van der Waals surface area contributed by atoms with E-state index in [0.29, 0.717) is 12.1 Å². The van der Waals surface area contributed by atoms with Gasteiger partial charge in [0.25, 0.3) is 0 Å². The molecule has 4 nitrogen and oxygen atoms in total. The van der Waals surface area contributed by atoms with Crippen LogP contribution in [0.3, 0.4) is 0 Å². The van der Waals surface area contributed by atoms with E-state index in [1.165, 1.54) is 0 Å². The highest BCUT2D eigenvalue weighted by Gasteiger charge is 2.21. The van der Waals surface area contributed by atoms with Crippen molar-refractivity contribution in [1.82, 2.24) is 10.2 Å². The summed E-state index contributed by atoms with van der Waals surface area (Å²) in [4.78, 5) is 26.0. The number of Topliss-reactive ketones (excluding diaryl/α,β-unsaturated/α-hetero) is 1. The van der Waals surface area contributed by atoms with Crippen LogP contribution in [0.4, 0.5) is 0 Å². The fourth-order valence-electron chi connectivity index (χ4n) is 1.81. The first kappa shape index (κ1) is 17.4. The molecule has 0 saturated carbocycles. The SMILES string of the molecule is Cc1ccccc1C(=O)CCC(=O)NCC(C)(C)N(C)C. The third-order valence-electron chi connectivity index (χ3n) is 3.95. The number of hydrogen-bond donors (Lipinski definition) is 1. The van der Waals surface area contributed by atoms with E-state index in [-0.39, 0.29) is 30.1 Å². The Morgan fingerprint density at radius 3 is 2.33 bits per heavy atom. The molecule has 0 bridgehead atoms. The van der Waals surface area contributed by atoms with Crippen molar-refractivity contribution >= 4 is 11.7 Å². The molecular weight excluding hydrogens is 264 g/mol. The second kappa shape index (κ2) is 7.36. The van der Waals surface area contributed by atoms with Gasteiger partial charge in [-0.3, -0.25) is 9.59 Å². The summed E-state index contributed by atoms with van der Waals surface area (Å²) in [6.45, 7) is 6.60. The maximum atomic E-state index is 12.1. The topological polar surface area (TPSA) is 49.4 Å². The minimum absolute atomic E-state index is 0.0233. The molecule has 1 rings (SSSR count). The number of ketones is 1. The maximum Gasteiger partial charge on any atom is 0.220 e. The number of amides is 1. The molecule has 21 heavy (non-hydrogen) atoms. The number of carbonyl (C=O) groups excluding carboxylic acids is 2. The zero-order valence-electron chi connectivity index (χ0n) is 13.7. The van der Waals surface area contributed by atoms with Crippen LogP contribution in [0.2, 0.25) is 0 Å². The van der Waals surface area contributed by atoms with Gasteiger partial charge in [0.15, 0.2) is 5.78 Å². The van der Waals surface area contributed by atoms with Gasteiger partial charge in [-0.25, -0.2) is 0 Å². The van der Waals surface area contributed by atoms with Crippen LogP contribution in [0.5, 0.6) is 0 Å². The highest BCUT2D eigenvalue weighted by Crippen LogP contribution is 2.11. The minimum Gasteiger partial charge on any atom is -0.354 e. The lowest BCUT2D eigenvalue weighted by Gasteiger charge is -2.32. The molecule has 0 radical (unpaired) electrons. The summed E-state index contributed by atoms with van der Waals surface area (Å²) in [5.74, 6) is -0.0537. The van der Waals surface area contributed by atoms with E-state index < -0.39 is 0 Å². The van der Waals surface area contributed by atoms with Crippen LogP contribution >= 0.6 is 0 Å². The maximum absolute atomic E-state index is 12.1. The van der Waals surface area contributed by atoms with Crippen LogP contribution in [0, 0.1) is 6.92 Å². The van der Waals surface area contributed by atoms with Crippen molar-refractivity contribution in [2.24, 2.45) is 0 Å². The molecule has 0 spiro atoms. The number of benzene rings is 1. The molecule has 116 valence electrons. The van der Waals surface area contributed by atoms with Gasteiger partial charge < -0.3 is 10.2 Å². The number of likely N-dealkylation sites (N-methyl/N-ethyl adjacent to an activating group) is 1. The second-order valence-corrected chi connectivity index (χ2v) is 6.22. The molecular formula is C17H26N2O2. The standard InChI is InChI=1S/C17H26N2O2/c1-13-8-6-7-9-14(13)15(20)10-11-16(21)18-12-17(2,3)19(4)5/h6-9H,10-12H2,1-5H3,(H,18,21). The summed E-state index contributed by atoms with van der Waals surface area (Å²) in [6.07, 6.45) is 0.482. The predicted octanol–water partition coefficient (Wildman–Crippen LogP) is 2.41. The largest absolute Gasteiger partial charge is 0.354 e. The average molecular weight is 290 g/mol. The summed E-state index contributed by atoms with van der Waals surface area (Å²) in [5, 5.41) is 2.89. The number of hydrogen-bond acceptors (Lipinski definition) is 3. The van der Waals surface area contributed by atoms with E-state index in [0.717, 1.165) is 5.56 Å². The molecule has 0 aliphatic carbocycles. The van der Waals surface area contributed by atoms with Gasteiger partial charge in [0, 0.05) is 30.5 Å². The third-order valence-corrected chi connectivity index (χ3v) is 3.95. The zero-order chi connectivity index (χ0) is 16.0. The quantitative estimate of drug-likeness (QED) is 0.785. The summed E-state index contributed by atoms with van der Waals surface area (Å²) in [5.41, 5.74) is 1.56. The molecule has 1 aromatic rings. The van der Waals surface area contributed by atoms with E-state index in [1.807, 2.05) is 45.3 Å². The fourth-order valence-corrected chi connectivity index (χ4v) is 1.81. The lowest BCUT2D eigenvalue weighted by molar-refractivity contribution is -0.121. The Kier molecular flexibility index (Phi) is 6.09. The molecule has 0 aliphatic heterocycles. The van der Waals surface area contributed by atoms with Crippen LogP contribution in [0.25, 0.3) is 0 Å². The molecule has 0 unspecified atom stereocenters. The highest BCUT2D eigenvalue weighted by molar-refractivity contribution is 5.99. The number of nitrogens with one attached hydrogen (secondary N) is 1. The predicted molar refractivity (Wildman–Crippen MR) is 85.5 cm³/mol. The summed E-state index contributed by atoms with van der Waals surface area (Å²) in [7, 11) is 3.96. The van der Waals surface area contributed by atoms with Gasteiger partial charge in [0.05, 0.1) is 0 Å². The van der Waals surface area contributed by atoms with Gasteiger partial charge in [-0.2, -0.15) is 0 Å². The van der Waals surface area contributed by atoms with Crippen LogP contribution in [0.1, 0.15) is 42.6 Å². The van der Waals surface area contributed by atoms with Crippen molar-refractivity contribution in [2.45, 2.75) is 39.2 Å². The van der Waals surface area contributed by atoms with Crippen molar-refractivity contribution in [3.8, 4) is 0 Å². The van der Waals surface area contributed by atoms with Crippen molar-refractivity contribution in [2.75, 3.05) is 20.6 Å². The van der Waals surface area contributed by atoms with E-state index >= 15 is 0 Å². The molecule has 0 aliphatic rings. The Morgan fingerprint density at radius 1 is 1.14 bits per heavy atom. The molecule has 1 amide bonds. The Labute approximate surface area is 127 Å². The Hall–Kier alpha value is -1.68. The first-order valence-corrected chi connectivity index (χ1v) is 7.27. The van der Waals surface area contributed by atoms with Gasteiger partial charge in [-0.15, -0.1) is 0 Å². The minimum atomic E-state index is -0.102. The zero-order valence-corrected chi connectivity index (χ0v) is 13.7. The first-order valence-electron chi connectivity index (χ1n) is 7.27. The molecule has 0 saturated heterocycles. The smallest absolute Gasteiger partial charge is 0.220 e. The number of carbonyl (C=O) groups is 2. The number of aryl methyl sites for hydroxylation is 1. The van der Waals surface area contributed by atoms with Gasteiger partial charge in [-0.1, -0.05) is 24.3 Å². The summed E-state index contributed by atoms with van der Waals surface area (Å²) in [6, 6.07) is 7.47. The van der Waals surface area contributed by atoms with E-state index in [1.54, 1.807) is 0 Å². The van der Waals surface area contributed by atoms with Gasteiger partial charge in [-0.05, 0) is 40.4 Å². The van der Waals surface area contributed by atoms with Crippen LogP contribution < -0.4 is 5.32 Å². The molecule has 0 atom stereocenters. The van der Waals surface area contributed by atoms with E-state index in [9.17, 15) is 9.59 Å². The van der Waals surface area contributed by atoms with Crippen LogP contribution in [-0.2, 0) is 4.79 Å². The average Bonchev–Trinajstić information content (AvgIpc) is 2.43. The highest BCUT2D eigenvalue weighted by atomic mass is 16.2. The Morgan fingerprint density at radius 2 is 1.76 bits per heavy atom. The Bertz CT molecular complexity index is 507. The van der Waals surface area contributed by atoms with Crippen molar-refractivity contribution < 1.29 is 9.59 Å². The first-order chi connectivity index (χ1) is 9.74. The normalized spacial score (nSPS) is 11.5. The molecule has 4 heteroatoms. The molecule has 1 N–H and O–H groups in total. The molecule has 0 heterocycles. The third kappa shape index (κ3) is 5.31. The van der Waals surface area contributed by atoms with Crippen LogP contribution in [-0.4, -0.2) is 42.8 Å². The van der Waals surface area contributed by atoms with Crippen LogP contribution in [0.15, 0.2) is 24.3 Å². The van der Waals surface area contributed by atoms with Crippen molar-refractivity contribution in [1.29, 1.82) is 0 Å². The molecule has 1 aromatic carbocycles. The Balaban J connectivity index is 2.44. The van der Waals surface area contributed by atoms with Gasteiger partial charge >= 0.3 is 0 Å². The summed E-state index contributed by atoms with van der Waals surface area (Å²) >= 11 is 0. The van der Waals surface area contributed by atoms with E-state index in [2.05, 4.69) is 24.1 Å². The van der Waals surface area contributed by atoms with Gasteiger partial charge in [0.1, 0.15) is 0 Å². The summed E-state index contributed by atoms with van der Waals surface area (Å²) < 4.78 is 0. The molecule has 0 fully saturated rings. The lowest BCUT2D eigenvalue weighted by Crippen LogP contribution is -2.48. The second-order valence-electron chi connectivity index (χ2n) is 6.22. The van der Waals surface area contributed by atoms with Crippen molar-refractivity contribution in [3.63, 3.8) is 0 Å². The number of rotatable bonds is 7. The monoisotopic (exact) mass is 290 g/mol. The molecule has 0 aromatic heterocycles.